The Morgan fingerprint density at radius 1 is 1.14 bits per heavy atom. The van der Waals surface area contributed by atoms with E-state index in [9.17, 15) is 4.79 Å². The number of hydrogen-bond donors (Lipinski definition) is 1. The van der Waals surface area contributed by atoms with E-state index in [2.05, 4.69) is 26.5 Å². The average molecular weight is 213 g/mol. The molecule has 0 saturated heterocycles. The zero-order valence-corrected chi connectivity index (χ0v) is 9.83. The van der Waals surface area contributed by atoms with Crippen LogP contribution in [0.4, 0.5) is 4.79 Å². The Hall–Kier alpha value is -0.700. The summed E-state index contributed by atoms with van der Waals surface area (Å²) in [5.41, 5.74) is 0. The van der Waals surface area contributed by atoms with Crippen LogP contribution in [-0.2, 0) is 0 Å². The fourth-order valence-electron chi connectivity index (χ4n) is 0.887. The lowest BCUT2D eigenvalue weighted by Crippen LogP contribution is -2.11. The summed E-state index contributed by atoms with van der Waals surface area (Å²) in [5.74, 6) is 0. The van der Waals surface area contributed by atoms with Crippen molar-refractivity contribution < 1.29 is 4.79 Å². The van der Waals surface area contributed by atoms with Crippen molar-refractivity contribution in [1.29, 1.82) is 0 Å². The molecule has 80 valence electrons. The maximum atomic E-state index is 11.0. The first kappa shape index (κ1) is 13.3. The molecule has 2 nitrogen and oxygen atoms in total. The third-order valence-electron chi connectivity index (χ3n) is 1.66. The lowest BCUT2D eigenvalue weighted by molar-refractivity contribution is 0.249. The van der Waals surface area contributed by atoms with Crippen LogP contribution < -0.4 is 0 Å². The number of allylic oxidation sites excluding steroid dienone is 2. The normalized spacial score (nSPS) is 11.4. The quantitative estimate of drug-likeness (QED) is 0.662. The molecule has 0 radical (unpaired) electrons. The first-order valence-corrected chi connectivity index (χ1v) is 5.51. The molecule has 0 N–H and O–H groups in total. The van der Waals surface area contributed by atoms with E-state index in [-0.39, 0.29) is 5.24 Å². The first-order chi connectivity index (χ1) is 6.72. The molecule has 3 heteroatoms. The highest BCUT2D eigenvalue weighted by Gasteiger charge is 1.99. The van der Waals surface area contributed by atoms with E-state index in [0.29, 0.717) is 0 Å². The van der Waals surface area contributed by atoms with Crippen LogP contribution in [0.3, 0.4) is 0 Å². The molecule has 0 aromatic carbocycles. The minimum atomic E-state index is -0.246. The first-order valence-electron chi connectivity index (χ1n) is 5.07. The number of rotatable bonds is 6. The highest BCUT2D eigenvalue weighted by molar-refractivity contribution is 7.96. The van der Waals surface area contributed by atoms with Crippen molar-refractivity contribution in [3.05, 3.63) is 24.6 Å². The second-order valence-electron chi connectivity index (χ2n) is 3.04. The predicted molar refractivity (Wildman–Crippen MR) is 64.3 cm³/mol. The van der Waals surface area contributed by atoms with Gasteiger partial charge in [0.1, 0.15) is 0 Å². The van der Waals surface area contributed by atoms with E-state index < -0.39 is 0 Å². The molecule has 0 aromatic rings. The second-order valence-corrected chi connectivity index (χ2v) is 3.42. The molecule has 0 aliphatic heterocycles. The standard InChI is InChI=1S/C11H19NOS/c1-3-5-7-9-12(11(13)14)10-8-6-4-2/h7-10H,3-6H2,1-2H3,(H,13,14)/b9-7+,10-8+. The minimum Gasteiger partial charge on any atom is -0.286 e. The van der Waals surface area contributed by atoms with Gasteiger partial charge in [0.05, 0.1) is 0 Å². The Morgan fingerprint density at radius 2 is 1.57 bits per heavy atom. The number of thiol groups is 1. The SMILES string of the molecule is CCC/C=C/N(/C=C/CCC)C(=O)S. The molecule has 0 atom stereocenters. The molecule has 0 aliphatic rings. The van der Waals surface area contributed by atoms with Crippen molar-refractivity contribution in [3.8, 4) is 0 Å². The molecular formula is C11H19NOS. The molecule has 0 aliphatic carbocycles. The van der Waals surface area contributed by atoms with E-state index in [1.165, 1.54) is 4.90 Å². The molecule has 0 bridgehead atoms. The highest BCUT2D eigenvalue weighted by atomic mass is 32.1. The number of carbonyl (C=O) groups is 1. The summed E-state index contributed by atoms with van der Waals surface area (Å²) >= 11 is 3.78. The monoisotopic (exact) mass is 213 g/mol. The summed E-state index contributed by atoms with van der Waals surface area (Å²) in [6.07, 6.45) is 11.6. The molecule has 0 heterocycles. The summed E-state index contributed by atoms with van der Waals surface area (Å²) in [7, 11) is 0. The largest absolute Gasteiger partial charge is 0.286 e. The Bertz CT molecular complexity index is 195. The molecule has 0 fully saturated rings. The van der Waals surface area contributed by atoms with Gasteiger partial charge in [0.25, 0.3) is 5.24 Å². The highest BCUT2D eigenvalue weighted by Crippen LogP contribution is 2.02. The molecule has 0 unspecified atom stereocenters. The summed E-state index contributed by atoms with van der Waals surface area (Å²) in [5, 5.41) is -0.246. The third kappa shape index (κ3) is 6.78. The molecule has 14 heavy (non-hydrogen) atoms. The van der Waals surface area contributed by atoms with Crippen LogP contribution in [0, 0.1) is 0 Å². The number of carbonyl (C=O) groups excluding carboxylic acids is 1. The second kappa shape index (κ2) is 8.88. The summed E-state index contributed by atoms with van der Waals surface area (Å²) in [4.78, 5) is 12.5. The lowest BCUT2D eigenvalue weighted by Gasteiger charge is -2.08. The minimum absolute atomic E-state index is 0.246. The van der Waals surface area contributed by atoms with Crippen LogP contribution in [0.1, 0.15) is 39.5 Å². The Balaban J connectivity index is 4.08. The molecular weight excluding hydrogens is 194 g/mol. The summed E-state index contributed by atoms with van der Waals surface area (Å²) in [6, 6.07) is 0. The van der Waals surface area contributed by atoms with Crippen LogP contribution in [0.25, 0.3) is 0 Å². The average Bonchev–Trinajstić information content (AvgIpc) is 2.15. The van der Waals surface area contributed by atoms with E-state index in [1.54, 1.807) is 12.4 Å². The van der Waals surface area contributed by atoms with Gasteiger partial charge in [0.15, 0.2) is 0 Å². The summed E-state index contributed by atoms with van der Waals surface area (Å²) in [6.45, 7) is 4.20. The zero-order valence-electron chi connectivity index (χ0n) is 8.94. The van der Waals surface area contributed by atoms with Crippen molar-refractivity contribution >= 4 is 17.9 Å². The Kier molecular flexibility index (Phi) is 8.43. The predicted octanol–water partition coefficient (Wildman–Crippen LogP) is 3.97. The number of nitrogens with zero attached hydrogens (tertiary/aromatic N) is 1. The number of hydrogen-bond acceptors (Lipinski definition) is 1. The van der Waals surface area contributed by atoms with E-state index >= 15 is 0 Å². The fourth-order valence-corrected chi connectivity index (χ4v) is 1.02. The zero-order chi connectivity index (χ0) is 10.8. The van der Waals surface area contributed by atoms with Gasteiger partial charge in [-0.1, -0.05) is 51.5 Å². The van der Waals surface area contributed by atoms with Crippen molar-refractivity contribution in [1.82, 2.24) is 4.90 Å². The van der Waals surface area contributed by atoms with Gasteiger partial charge in [-0.3, -0.25) is 9.69 Å². The van der Waals surface area contributed by atoms with Gasteiger partial charge in [0.2, 0.25) is 0 Å². The van der Waals surface area contributed by atoms with Crippen LogP contribution in [0.15, 0.2) is 24.6 Å². The molecule has 0 rings (SSSR count). The van der Waals surface area contributed by atoms with Gasteiger partial charge in [0, 0.05) is 12.4 Å². The van der Waals surface area contributed by atoms with E-state index in [4.69, 9.17) is 0 Å². The number of amides is 1. The third-order valence-corrected chi connectivity index (χ3v) is 1.89. The summed E-state index contributed by atoms with van der Waals surface area (Å²) < 4.78 is 0. The number of unbranched alkanes of at least 4 members (excludes halogenated alkanes) is 2. The van der Waals surface area contributed by atoms with Gasteiger partial charge in [-0.25, -0.2) is 0 Å². The molecule has 0 aromatic heterocycles. The maximum absolute atomic E-state index is 11.0. The van der Waals surface area contributed by atoms with Crippen LogP contribution >= 0.6 is 12.6 Å². The Labute approximate surface area is 92.1 Å². The van der Waals surface area contributed by atoms with Gasteiger partial charge < -0.3 is 0 Å². The van der Waals surface area contributed by atoms with Crippen molar-refractivity contribution in [2.75, 3.05) is 0 Å². The van der Waals surface area contributed by atoms with Gasteiger partial charge in [-0.15, -0.1) is 0 Å². The van der Waals surface area contributed by atoms with Crippen molar-refractivity contribution in [2.45, 2.75) is 39.5 Å². The van der Waals surface area contributed by atoms with E-state index in [0.717, 1.165) is 25.7 Å². The van der Waals surface area contributed by atoms with Crippen molar-refractivity contribution in [2.24, 2.45) is 0 Å². The van der Waals surface area contributed by atoms with E-state index in [1.807, 2.05) is 12.2 Å². The maximum Gasteiger partial charge on any atom is 0.286 e. The van der Waals surface area contributed by atoms with Gasteiger partial charge in [-0.2, -0.15) is 0 Å². The van der Waals surface area contributed by atoms with Crippen LogP contribution in [0.2, 0.25) is 0 Å². The van der Waals surface area contributed by atoms with Gasteiger partial charge in [-0.05, 0) is 12.8 Å². The Morgan fingerprint density at radius 3 is 1.86 bits per heavy atom. The smallest absolute Gasteiger partial charge is 0.286 e. The topological polar surface area (TPSA) is 20.3 Å². The fraction of sp³-hybridized carbons (Fsp3) is 0.545. The lowest BCUT2D eigenvalue weighted by atomic mass is 10.3. The molecule has 1 amide bonds. The molecule has 0 saturated carbocycles. The molecule has 0 spiro atoms. The van der Waals surface area contributed by atoms with Crippen molar-refractivity contribution in [3.63, 3.8) is 0 Å². The van der Waals surface area contributed by atoms with Gasteiger partial charge >= 0.3 is 0 Å². The van der Waals surface area contributed by atoms with Crippen LogP contribution in [0.5, 0.6) is 0 Å². The van der Waals surface area contributed by atoms with Crippen LogP contribution in [-0.4, -0.2) is 10.1 Å².